The van der Waals surface area contributed by atoms with Crippen molar-refractivity contribution in [3.8, 4) is 12.1 Å². The maximum atomic E-state index is 13.1. The van der Waals surface area contributed by atoms with Gasteiger partial charge in [0, 0.05) is 105 Å². The van der Waals surface area contributed by atoms with Gasteiger partial charge >= 0.3 is 0 Å². The molecule has 2 unspecified atom stereocenters. The molecule has 93 heavy (non-hydrogen) atoms. The van der Waals surface area contributed by atoms with Crippen LogP contribution in [0.3, 0.4) is 0 Å². The zero-order valence-corrected chi connectivity index (χ0v) is 54.8. The van der Waals surface area contributed by atoms with Gasteiger partial charge in [-0.3, -0.25) is 19.6 Å². The molecule has 7 heterocycles. The summed E-state index contributed by atoms with van der Waals surface area (Å²) in [6.07, 6.45) is 19.9. The van der Waals surface area contributed by atoms with Gasteiger partial charge in [0.1, 0.15) is 23.9 Å². The van der Waals surface area contributed by atoms with Crippen LogP contribution in [0.25, 0.3) is 43.4 Å². The molecule has 6 aromatic heterocycles. The van der Waals surface area contributed by atoms with Crippen LogP contribution in [0, 0.1) is 45.3 Å². The van der Waals surface area contributed by atoms with Gasteiger partial charge < -0.3 is 35.3 Å². The first kappa shape index (κ1) is 65.8. The van der Waals surface area contributed by atoms with E-state index < -0.39 is 6.10 Å². The van der Waals surface area contributed by atoms with Crippen molar-refractivity contribution in [1.29, 1.82) is 10.5 Å². The lowest BCUT2D eigenvalue weighted by molar-refractivity contribution is -0.0990. The molecule has 4 aromatic carbocycles. The van der Waals surface area contributed by atoms with Crippen molar-refractivity contribution in [1.82, 2.24) is 49.1 Å². The molecule has 10 aromatic rings. The quantitative estimate of drug-likeness (QED) is 0.0829. The minimum absolute atomic E-state index is 0. The highest BCUT2D eigenvalue weighted by molar-refractivity contribution is 6.36. The zero-order chi connectivity index (χ0) is 65.0. The number of halogens is 2. The first-order chi connectivity index (χ1) is 43.9. The van der Waals surface area contributed by atoms with Gasteiger partial charge in [0.2, 0.25) is 0 Å². The topological polar surface area (TPSA) is 258 Å². The van der Waals surface area contributed by atoms with Gasteiger partial charge in [0.05, 0.1) is 66.5 Å². The highest BCUT2D eigenvalue weighted by atomic mass is 35.5. The predicted molar refractivity (Wildman–Crippen MR) is 369 cm³/mol. The molecular formula is C72H81Cl2N15O4. The summed E-state index contributed by atoms with van der Waals surface area (Å²) in [5.74, 6) is 1.51. The smallest absolute Gasteiger partial charge is 0.258 e. The second kappa shape index (κ2) is 26.0. The summed E-state index contributed by atoms with van der Waals surface area (Å²) in [4.78, 5) is 34.1. The maximum absolute atomic E-state index is 13.1. The third-order valence-corrected chi connectivity index (χ3v) is 19.2. The van der Waals surface area contributed by atoms with Crippen LogP contribution in [0.5, 0.6) is 0 Å². The molecule has 6 aliphatic carbocycles. The third kappa shape index (κ3) is 13.2. The molecule has 482 valence electrons. The van der Waals surface area contributed by atoms with E-state index in [9.17, 15) is 25.2 Å². The summed E-state index contributed by atoms with van der Waals surface area (Å²) in [6, 6.07) is 27.2. The van der Waals surface area contributed by atoms with Gasteiger partial charge in [0.25, 0.3) is 11.1 Å². The molecule has 2 atom stereocenters. The molecule has 7 fully saturated rings. The lowest BCUT2D eigenvalue weighted by atomic mass is 9.50. The maximum Gasteiger partial charge on any atom is 0.258 e. The van der Waals surface area contributed by atoms with Crippen LogP contribution in [0.4, 0.5) is 17.1 Å². The van der Waals surface area contributed by atoms with Crippen LogP contribution in [0.1, 0.15) is 152 Å². The van der Waals surface area contributed by atoms with Crippen LogP contribution in [0.2, 0.25) is 10.0 Å². The molecule has 1 aliphatic heterocycles. The zero-order valence-electron chi connectivity index (χ0n) is 53.3. The number of nitrogen functional groups attached to an aromatic ring is 1. The number of benzene rings is 4. The van der Waals surface area contributed by atoms with Crippen LogP contribution >= 0.6 is 23.2 Å². The molecule has 0 spiro atoms. The van der Waals surface area contributed by atoms with E-state index in [1.807, 2.05) is 53.5 Å². The molecule has 6 saturated carbocycles. The van der Waals surface area contributed by atoms with E-state index in [-0.39, 0.29) is 46.4 Å². The van der Waals surface area contributed by atoms with E-state index in [0.717, 1.165) is 81.3 Å². The summed E-state index contributed by atoms with van der Waals surface area (Å²) in [5.41, 5.74) is 14.5. The largest absolute Gasteiger partial charge is 0.399 e. The Morgan fingerprint density at radius 3 is 1.58 bits per heavy atom. The molecule has 0 amide bonds. The number of ether oxygens (including phenoxy) is 1. The highest BCUT2D eigenvalue weighted by Gasteiger charge is 2.59. The molecule has 1 saturated heterocycles. The van der Waals surface area contributed by atoms with Crippen molar-refractivity contribution in [3.05, 3.63) is 180 Å². The summed E-state index contributed by atoms with van der Waals surface area (Å²) >= 11 is 13.0. The number of nitrogens with two attached hydrogens (primary N) is 1. The van der Waals surface area contributed by atoms with Gasteiger partial charge in [-0.25, -0.2) is 9.36 Å². The van der Waals surface area contributed by atoms with Crippen molar-refractivity contribution >= 4 is 83.6 Å². The van der Waals surface area contributed by atoms with E-state index in [1.165, 1.54) is 62.1 Å². The van der Waals surface area contributed by atoms with Gasteiger partial charge in [-0.05, 0) is 156 Å². The molecule has 7 aliphatic rings. The number of aliphatic hydroxyl groups is 1. The summed E-state index contributed by atoms with van der Waals surface area (Å²) < 4.78 is 12.1. The van der Waals surface area contributed by atoms with Crippen LogP contribution in [0.15, 0.2) is 120 Å². The number of hydrogen-bond acceptors (Lipinski definition) is 15. The fourth-order valence-corrected chi connectivity index (χ4v) is 13.9. The van der Waals surface area contributed by atoms with Gasteiger partial charge in [-0.15, -0.1) is 10.2 Å². The van der Waals surface area contributed by atoms with E-state index in [0.29, 0.717) is 72.9 Å². The van der Waals surface area contributed by atoms with E-state index in [4.69, 9.17) is 38.8 Å². The molecule has 5 N–H and O–H groups in total. The molecule has 4 bridgehead atoms. The number of fused-ring (bicyclic) bond motifs is 4. The number of aryl methyl sites for hydroxylation is 2. The number of nitriles is 2. The Morgan fingerprint density at radius 1 is 0.656 bits per heavy atom. The Hall–Kier alpha value is -8.72. The molecule has 0 radical (unpaired) electrons. The van der Waals surface area contributed by atoms with Gasteiger partial charge in [-0.1, -0.05) is 107 Å². The Morgan fingerprint density at radius 2 is 1.12 bits per heavy atom. The third-order valence-electron chi connectivity index (χ3n) is 18.7. The fraction of sp³-hybridized carbons (Fsp3) is 0.417. The summed E-state index contributed by atoms with van der Waals surface area (Å²) in [7, 11) is 3.49. The first-order valence-corrected chi connectivity index (χ1v) is 32.2. The fourth-order valence-electron chi connectivity index (χ4n) is 13.3. The Labute approximate surface area is 551 Å². The molecular weight excluding hydrogens is 1210 g/mol. The van der Waals surface area contributed by atoms with Crippen molar-refractivity contribution in [3.63, 3.8) is 0 Å². The van der Waals surface area contributed by atoms with E-state index >= 15 is 0 Å². The number of aromatic nitrogens is 10. The van der Waals surface area contributed by atoms with Crippen LogP contribution < -0.4 is 27.5 Å². The monoisotopic (exact) mass is 1290 g/mol. The van der Waals surface area contributed by atoms with Crippen LogP contribution in [-0.4, -0.2) is 80.5 Å². The number of hydrogen-bond donors (Lipinski definition) is 4. The minimum Gasteiger partial charge on any atom is -0.399 e. The Bertz CT molecular complexity index is 4650. The first-order valence-electron chi connectivity index (χ1n) is 31.5. The SMILES string of the molecule is C.C1CCOC1.CC(C)(C)CNc1c(C#N)cnc2c(Cl)cc(N)cc12.Cn1ccc2c(C(Cc3cc(Cl)c4ncc(C#N)c(NCC(C)(C)C)c4c3)c3cn(C45CC(C4)C5)nn3)cccc2c1=O.Cn1ccc2c(C(O)c3cn(C45CC(C4)C5)nn3)cccc2c1=O. The van der Waals surface area contributed by atoms with Crippen LogP contribution in [-0.2, 0) is 36.3 Å². The minimum atomic E-state index is -0.887. The molecule has 19 nitrogen and oxygen atoms in total. The average Bonchev–Trinajstić information content (AvgIpc) is 1.70. The predicted octanol–water partition coefficient (Wildman–Crippen LogP) is 13.5. The number of aliphatic hydroxyl groups excluding tert-OH is 1. The number of pyridine rings is 4. The van der Waals surface area contributed by atoms with Crippen molar-refractivity contribution in [2.24, 2.45) is 36.8 Å². The number of nitrogens with one attached hydrogen (secondary N) is 2. The molecule has 21 heteroatoms. The summed E-state index contributed by atoms with van der Waals surface area (Å²) in [6.45, 7) is 16.2. The van der Waals surface area contributed by atoms with Gasteiger partial charge in [-0.2, -0.15) is 10.5 Å². The Balaban J connectivity index is 0.000000149. The van der Waals surface area contributed by atoms with Crippen molar-refractivity contribution in [2.75, 3.05) is 42.7 Å². The number of anilines is 3. The second-order valence-corrected chi connectivity index (χ2v) is 29.0. The summed E-state index contributed by atoms with van der Waals surface area (Å²) in [5, 5.41) is 60.1. The Kier molecular flexibility index (Phi) is 18.4. The van der Waals surface area contributed by atoms with Gasteiger partial charge in [0.15, 0.2) is 0 Å². The lowest BCUT2D eigenvalue weighted by Gasteiger charge is -2.61. The van der Waals surface area contributed by atoms with Crippen molar-refractivity contribution in [2.45, 2.75) is 130 Å². The number of nitrogens with zero attached hydrogens (tertiary/aromatic N) is 12. The highest BCUT2D eigenvalue weighted by Crippen LogP contribution is 2.63. The second-order valence-electron chi connectivity index (χ2n) is 28.2. The van der Waals surface area contributed by atoms with E-state index in [1.54, 1.807) is 55.3 Å². The number of rotatable bonds is 12. The average molecular weight is 1290 g/mol. The standard InChI is InChI=1S/C34H34ClN7O.C18H18N4O2.C15H17ClN4.C4H8O.CH4/c1-33(2,3)19-38-30-22(16-36)17-37-31-27(30)11-20(12-28(31)35)10-26(29-18-42(40-39-29)34-13-21(14-34)15-34)23-6-5-7-25-24(23)8-9-41(4)32(25)43;1-21-6-5-12-13(3-2-4-14(12)17(21)24)16(23)15-10-22(20-19-15)18-7-11(8-18)9-18;1-15(2,3)8-20-13-9(6-17)7-19-14-11(13)4-10(18)5-12(14)16;1-2-4-5-3-1;/h5-9,11-12,17-18,21,26H,10,13-15,19H2,1-4H3,(H,37,38);2-6,10-11,16,23H,7-9H2,1H3;4-5,7H,8,18H2,1-3H3,(H,19,20);1-4H2;1H4. The lowest BCUT2D eigenvalue weighted by Crippen LogP contribution is -2.59. The normalized spacial score (nSPS) is 19.7. The van der Waals surface area contributed by atoms with Crippen molar-refractivity contribution < 1.29 is 9.84 Å². The van der Waals surface area contributed by atoms with E-state index in [2.05, 4.69) is 113 Å². The molecule has 17 rings (SSSR count).